The van der Waals surface area contributed by atoms with Gasteiger partial charge in [-0.05, 0) is 60.0 Å². The van der Waals surface area contributed by atoms with Crippen LogP contribution < -0.4 is 4.74 Å². The van der Waals surface area contributed by atoms with Crippen LogP contribution in [0.2, 0.25) is 0 Å². The Morgan fingerprint density at radius 1 is 1.03 bits per heavy atom. The molecule has 1 heterocycles. The molecule has 32 heavy (non-hydrogen) atoms. The second-order valence-electron chi connectivity index (χ2n) is 8.81. The third-order valence-corrected chi connectivity index (χ3v) is 6.37. The van der Waals surface area contributed by atoms with Crippen molar-refractivity contribution < 1.29 is 25.2 Å². The Kier molecular flexibility index (Phi) is 6.67. The largest absolute Gasteiger partial charge is 0.508 e. The van der Waals surface area contributed by atoms with Crippen molar-refractivity contribution in [3.05, 3.63) is 60.2 Å². The van der Waals surface area contributed by atoms with Crippen molar-refractivity contribution in [2.75, 3.05) is 32.8 Å². The number of aliphatic hydroxyl groups is 3. The number of ether oxygens (including phenoxy) is 1. The van der Waals surface area contributed by atoms with Crippen LogP contribution in [0.5, 0.6) is 11.5 Å². The highest BCUT2D eigenvalue weighted by Crippen LogP contribution is 2.36. The van der Waals surface area contributed by atoms with Crippen molar-refractivity contribution in [3.63, 3.8) is 0 Å². The van der Waals surface area contributed by atoms with E-state index in [4.69, 9.17) is 4.74 Å². The van der Waals surface area contributed by atoms with Gasteiger partial charge in [0, 0.05) is 25.0 Å². The molecule has 0 spiro atoms. The van der Waals surface area contributed by atoms with Gasteiger partial charge in [-0.1, -0.05) is 36.4 Å². The van der Waals surface area contributed by atoms with Gasteiger partial charge in [-0.2, -0.15) is 0 Å². The summed E-state index contributed by atoms with van der Waals surface area (Å²) in [5.41, 5.74) is 1.91. The molecule has 3 aromatic carbocycles. The minimum absolute atomic E-state index is 0.169. The van der Waals surface area contributed by atoms with Crippen LogP contribution in [-0.4, -0.2) is 69.9 Å². The lowest BCUT2D eigenvalue weighted by molar-refractivity contribution is -0.0656. The number of piperidine rings is 1. The summed E-state index contributed by atoms with van der Waals surface area (Å²) in [5, 5.41) is 41.8. The Morgan fingerprint density at radius 3 is 2.44 bits per heavy atom. The van der Waals surface area contributed by atoms with E-state index in [2.05, 4.69) is 4.90 Å². The van der Waals surface area contributed by atoms with Crippen LogP contribution in [0.25, 0.3) is 21.9 Å². The minimum Gasteiger partial charge on any atom is -0.508 e. The van der Waals surface area contributed by atoms with Crippen LogP contribution in [0.3, 0.4) is 0 Å². The fraction of sp³-hybridized carbons (Fsp3) is 0.385. The normalized spacial score (nSPS) is 17.4. The number of hydrogen-bond donors (Lipinski definition) is 4. The number of phenolic OH excluding ortho intramolecular Hbond substituents is 1. The highest BCUT2D eigenvalue weighted by Gasteiger charge is 2.32. The third kappa shape index (κ3) is 4.89. The first-order chi connectivity index (χ1) is 15.4. The molecule has 3 aromatic rings. The number of fused-ring (bicyclic) bond motifs is 1. The Bertz CT molecular complexity index is 1080. The van der Waals surface area contributed by atoms with E-state index >= 15 is 0 Å². The first-order valence-corrected chi connectivity index (χ1v) is 11.1. The van der Waals surface area contributed by atoms with Crippen molar-refractivity contribution >= 4 is 10.8 Å². The molecule has 6 nitrogen and oxygen atoms in total. The second kappa shape index (κ2) is 9.46. The van der Waals surface area contributed by atoms with Gasteiger partial charge in [0.1, 0.15) is 24.2 Å². The van der Waals surface area contributed by atoms with Gasteiger partial charge in [0.15, 0.2) is 0 Å². The number of aliphatic hydroxyl groups excluding tert-OH is 2. The summed E-state index contributed by atoms with van der Waals surface area (Å²) in [7, 11) is 0. The lowest BCUT2D eigenvalue weighted by Gasteiger charge is -2.37. The molecule has 170 valence electrons. The van der Waals surface area contributed by atoms with Crippen LogP contribution >= 0.6 is 0 Å². The molecule has 6 heteroatoms. The number of phenols is 1. The molecule has 0 aromatic heterocycles. The molecule has 1 aliphatic rings. The minimum atomic E-state index is -0.991. The summed E-state index contributed by atoms with van der Waals surface area (Å²) in [6.07, 6.45) is 0.341. The molecule has 0 saturated carbocycles. The van der Waals surface area contributed by atoms with Gasteiger partial charge in [0.2, 0.25) is 0 Å². The summed E-state index contributed by atoms with van der Waals surface area (Å²) in [4.78, 5) is 2.09. The SMILES string of the molecule is Cc1cc(-c2ccc(OCC(O)CN3CCC(O)(CO)CC3)c3ccccc23)ccc1O. The lowest BCUT2D eigenvalue weighted by atomic mass is 9.92. The molecule has 0 aliphatic carbocycles. The van der Waals surface area contributed by atoms with Crippen molar-refractivity contribution in [1.29, 1.82) is 0 Å². The summed E-state index contributed by atoms with van der Waals surface area (Å²) >= 11 is 0. The molecular weight excluding hydrogens is 406 g/mol. The molecule has 0 amide bonds. The van der Waals surface area contributed by atoms with E-state index in [1.807, 2.05) is 55.5 Å². The zero-order valence-corrected chi connectivity index (χ0v) is 18.4. The maximum atomic E-state index is 10.5. The van der Waals surface area contributed by atoms with Gasteiger partial charge in [-0.25, -0.2) is 0 Å². The Balaban J connectivity index is 1.45. The molecule has 0 bridgehead atoms. The number of aryl methyl sites for hydroxylation is 1. The van der Waals surface area contributed by atoms with Crippen LogP contribution in [0.4, 0.5) is 0 Å². The lowest BCUT2D eigenvalue weighted by Crippen LogP contribution is -2.48. The quantitative estimate of drug-likeness (QED) is 0.454. The fourth-order valence-corrected chi connectivity index (χ4v) is 4.32. The fourth-order valence-electron chi connectivity index (χ4n) is 4.32. The molecule has 0 radical (unpaired) electrons. The maximum absolute atomic E-state index is 10.5. The van der Waals surface area contributed by atoms with Crippen LogP contribution in [-0.2, 0) is 0 Å². The van der Waals surface area contributed by atoms with Crippen molar-refractivity contribution in [2.45, 2.75) is 31.5 Å². The Labute approximate surface area is 188 Å². The van der Waals surface area contributed by atoms with Gasteiger partial charge in [-0.3, -0.25) is 0 Å². The third-order valence-electron chi connectivity index (χ3n) is 6.37. The van der Waals surface area contributed by atoms with E-state index in [0.717, 1.165) is 27.5 Å². The summed E-state index contributed by atoms with van der Waals surface area (Å²) in [6.45, 7) is 3.56. The summed E-state index contributed by atoms with van der Waals surface area (Å²) in [6, 6.07) is 17.5. The van der Waals surface area contributed by atoms with Crippen LogP contribution in [0.15, 0.2) is 54.6 Å². The van der Waals surface area contributed by atoms with Gasteiger partial charge in [0.05, 0.1) is 12.2 Å². The zero-order chi connectivity index (χ0) is 22.7. The second-order valence-corrected chi connectivity index (χ2v) is 8.81. The monoisotopic (exact) mass is 437 g/mol. The standard InChI is InChI=1S/C26H31NO5/c1-18-14-19(6-8-24(18)30)21-7-9-25(23-5-3-2-4-22(21)23)32-16-20(29)15-27-12-10-26(31,17-28)11-13-27/h2-9,14,20,28-31H,10-13,15-17H2,1H3. The number of nitrogens with zero attached hydrogens (tertiary/aromatic N) is 1. The Morgan fingerprint density at radius 2 is 1.75 bits per heavy atom. The molecular formula is C26H31NO5. The molecule has 4 rings (SSSR count). The predicted molar refractivity (Wildman–Crippen MR) is 125 cm³/mol. The zero-order valence-electron chi connectivity index (χ0n) is 18.4. The average molecular weight is 438 g/mol. The number of likely N-dealkylation sites (tertiary alicyclic amines) is 1. The molecule has 1 aliphatic heterocycles. The van der Waals surface area contributed by atoms with E-state index < -0.39 is 11.7 Å². The molecule has 1 atom stereocenters. The van der Waals surface area contributed by atoms with Gasteiger partial charge >= 0.3 is 0 Å². The molecule has 1 unspecified atom stereocenters. The van der Waals surface area contributed by atoms with Crippen LogP contribution in [0, 0.1) is 6.92 Å². The highest BCUT2D eigenvalue weighted by molar-refractivity contribution is 6.00. The first-order valence-electron chi connectivity index (χ1n) is 11.1. The van der Waals surface area contributed by atoms with E-state index in [0.29, 0.717) is 38.2 Å². The van der Waals surface area contributed by atoms with Gasteiger partial charge < -0.3 is 30.1 Å². The van der Waals surface area contributed by atoms with E-state index in [9.17, 15) is 20.4 Å². The van der Waals surface area contributed by atoms with Gasteiger partial charge in [0.25, 0.3) is 0 Å². The van der Waals surface area contributed by atoms with Crippen molar-refractivity contribution in [1.82, 2.24) is 4.90 Å². The van der Waals surface area contributed by atoms with E-state index in [1.165, 1.54) is 0 Å². The summed E-state index contributed by atoms with van der Waals surface area (Å²) in [5.74, 6) is 0.994. The van der Waals surface area contributed by atoms with E-state index in [-0.39, 0.29) is 19.0 Å². The summed E-state index contributed by atoms with van der Waals surface area (Å²) < 4.78 is 6.01. The first kappa shape index (κ1) is 22.6. The topological polar surface area (TPSA) is 93.4 Å². The smallest absolute Gasteiger partial charge is 0.127 e. The average Bonchev–Trinajstić information content (AvgIpc) is 2.81. The number of rotatable bonds is 7. The van der Waals surface area contributed by atoms with Crippen molar-refractivity contribution in [3.8, 4) is 22.6 Å². The molecule has 1 fully saturated rings. The van der Waals surface area contributed by atoms with Crippen molar-refractivity contribution in [2.24, 2.45) is 0 Å². The number of benzene rings is 3. The molecule has 4 N–H and O–H groups in total. The highest BCUT2D eigenvalue weighted by atomic mass is 16.5. The number of hydrogen-bond acceptors (Lipinski definition) is 6. The molecule has 1 saturated heterocycles. The van der Waals surface area contributed by atoms with Crippen LogP contribution in [0.1, 0.15) is 18.4 Å². The van der Waals surface area contributed by atoms with Gasteiger partial charge in [-0.15, -0.1) is 0 Å². The maximum Gasteiger partial charge on any atom is 0.127 e. The number of β-amino-alcohol motifs (C(OH)–C–C–N with tert-alkyl or cyclic N) is 1. The Hall–Kier alpha value is -2.64. The predicted octanol–water partition coefficient (Wildman–Crippen LogP) is 3.08. The van der Waals surface area contributed by atoms with E-state index in [1.54, 1.807) is 6.07 Å². The number of aromatic hydroxyl groups is 1.